The molecule has 110 valence electrons. The van der Waals surface area contributed by atoms with Crippen molar-refractivity contribution in [3.8, 4) is 11.6 Å². The van der Waals surface area contributed by atoms with E-state index in [2.05, 4.69) is 28.5 Å². The molecular formula is C16H19N3OS. The molecule has 0 atom stereocenters. The van der Waals surface area contributed by atoms with Gasteiger partial charge in [0.05, 0.1) is 0 Å². The fourth-order valence-corrected chi connectivity index (χ4v) is 2.46. The SMILES string of the molecule is CCNc1cc(Oc2ccc(SC)cc2)nc(C2CC2)n1. The summed E-state index contributed by atoms with van der Waals surface area (Å²) < 4.78 is 5.88. The van der Waals surface area contributed by atoms with Gasteiger partial charge in [-0.05, 0) is 50.3 Å². The number of thioether (sulfide) groups is 1. The average molecular weight is 301 g/mol. The maximum Gasteiger partial charge on any atom is 0.224 e. The van der Waals surface area contributed by atoms with Crippen LogP contribution in [0.3, 0.4) is 0 Å². The van der Waals surface area contributed by atoms with Gasteiger partial charge in [-0.15, -0.1) is 11.8 Å². The molecule has 3 rings (SSSR count). The lowest BCUT2D eigenvalue weighted by Gasteiger charge is -2.10. The molecule has 1 aromatic heterocycles. The molecule has 1 aromatic carbocycles. The molecule has 4 nitrogen and oxygen atoms in total. The standard InChI is InChI=1S/C16H19N3OS/c1-3-17-14-10-15(19-16(18-14)11-4-5-11)20-12-6-8-13(21-2)9-7-12/h6-11H,3-5H2,1-2H3,(H,17,18,19). The quantitative estimate of drug-likeness (QED) is 0.806. The Bertz CT molecular complexity index is 611. The highest BCUT2D eigenvalue weighted by molar-refractivity contribution is 7.98. The number of aromatic nitrogens is 2. The zero-order chi connectivity index (χ0) is 14.7. The first-order valence-corrected chi connectivity index (χ1v) is 8.45. The molecule has 2 aromatic rings. The van der Waals surface area contributed by atoms with Crippen LogP contribution in [0.4, 0.5) is 5.82 Å². The third-order valence-electron chi connectivity index (χ3n) is 3.30. The lowest BCUT2D eigenvalue weighted by Crippen LogP contribution is -2.04. The summed E-state index contributed by atoms with van der Waals surface area (Å²) >= 11 is 1.72. The summed E-state index contributed by atoms with van der Waals surface area (Å²) in [7, 11) is 0. The molecule has 21 heavy (non-hydrogen) atoms. The number of hydrogen-bond acceptors (Lipinski definition) is 5. The van der Waals surface area contributed by atoms with E-state index in [0.29, 0.717) is 11.8 Å². The van der Waals surface area contributed by atoms with Gasteiger partial charge in [0, 0.05) is 23.4 Å². The molecular weight excluding hydrogens is 282 g/mol. The Kier molecular flexibility index (Phi) is 4.29. The van der Waals surface area contributed by atoms with Gasteiger partial charge in [-0.3, -0.25) is 0 Å². The van der Waals surface area contributed by atoms with Crippen molar-refractivity contribution < 1.29 is 4.74 Å². The minimum Gasteiger partial charge on any atom is -0.439 e. The predicted molar refractivity (Wildman–Crippen MR) is 86.5 cm³/mol. The summed E-state index contributed by atoms with van der Waals surface area (Å²) in [5.74, 6) is 3.65. The summed E-state index contributed by atoms with van der Waals surface area (Å²) in [6.45, 7) is 2.89. The van der Waals surface area contributed by atoms with Crippen molar-refractivity contribution in [2.45, 2.75) is 30.6 Å². The topological polar surface area (TPSA) is 47.0 Å². The van der Waals surface area contributed by atoms with E-state index >= 15 is 0 Å². The van der Waals surface area contributed by atoms with Gasteiger partial charge < -0.3 is 10.1 Å². The average Bonchev–Trinajstić information content (AvgIpc) is 3.33. The summed E-state index contributed by atoms with van der Waals surface area (Å²) in [6.07, 6.45) is 4.42. The third kappa shape index (κ3) is 3.67. The molecule has 0 saturated heterocycles. The minimum absolute atomic E-state index is 0.504. The maximum absolute atomic E-state index is 5.88. The van der Waals surface area contributed by atoms with Crippen molar-refractivity contribution in [2.24, 2.45) is 0 Å². The van der Waals surface area contributed by atoms with Gasteiger partial charge in [0.25, 0.3) is 0 Å². The molecule has 5 heteroatoms. The molecule has 0 aliphatic heterocycles. The monoisotopic (exact) mass is 301 g/mol. The summed E-state index contributed by atoms with van der Waals surface area (Å²) in [6, 6.07) is 9.90. The number of anilines is 1. The molecule has 1 aliphatic carbocycles. The number of nitrogens with one attached hydrogen (secondary N) is 1. The summed E-state index contributed by atoms with van der Waals surface area (Å²) in [4.78, 5) is 10.3. The highest BCUT2D eigenvalue weighted by atomic mass is 32.2. The predicted octanol–water partition coefficient (Wildman–Crippen LogP) is 4.30. The van der Waals surface area contributed by atoms with E-state index in [1.54, 1.807) is 11.8 Å². The van der Waals surface area contributed by atoms with E-state index in [9.17, 15) is 0 Å². The second-order valence-corrected chi connectivity index (χ2v) is 5.91. The lowest BCUT2D eigenvalue weighted by molar-refractivity contribution is 0.458. The van der Waals surface area contributed by atoms with Crippen LogP contribution >= 0.6 is 11.8 Å². The first-order valence-electron chi connectivity index (χ1n) is 7.23. The van der Waals surface area contributed by atoms with Crippen molar-refractivity contribution in [3.63, 3.8) is 0 Å². The van der Waals surface area contributed by atoms with Crippen molar-refractivity contribution >= 4 is 17.6 Å². The second kappa shape index (κ2) is 6.35. The Morgan fingerprint density at radius 2 is 2.00 bits per heavy atom. The molecule has 1 heterocycles. The van der Waals surface area contributed by atoms with Crippen molar-refractivity contribution in [3.05, 3.63) is 36.2 Å². The van der Waals surface area contributed by atoms with Crippen LogP contribution in [0.25, 0.3) is 0 Å². The normalized spacial score (nSPS) is 14.0. The minimum atomic E-state index is 0.504. The Balaban J connectivity index is 1.82. The lowest BCUT2D eigenvalue weighted by atomic mass is 10.3. The first kappa shape index (κ1) is 14.2. The Morgan fingerprint density at radius 3 is 2.62 bits per heavy atom. The molecule has 1 saturated carbocycles. The van der Waals surface area contributed by atoms with Crippen LogP contribution in [0, 0.1) is 0 Å². The molecule has 0 amide bonds. The Hall–Kier alpha value is -1.75. The largest absolute Gasteiger partial charge is 0.439 e. The maximum atomic E-state index is 5.88. The Morgan fingerprint density at radius 1 is 1.24 bits per heavy atom. The van der Waals surface area contributed by atoms with Gasteiger partial charge in [-0.2, -0.15) is 4.98 Å². The fourth-order valence-electron chi connectivity index (χ4n) is 2.06. The van der Waals surface area contributed by atoms with Gasteiger partial charge in [-0.25, -0.2) is 4.98 Å². The van der Waals surface area contributed by atoms with Crippen LogP contribution in [-0.2, 0) is 0 Å². The van der Waals surface area contributed by atoms with E-state index in [1.807, 2.05) is 30.3 Å². The molecule has 1 N–H and O–H groups in total. The second-order valence-electron chi connectivity index (χ2n) is 5.03. The van der Waals surface area contributed by atoms with Crippen molar-refractivity contribution in [1.82, 2.24) is 9.97 Å². The van der Waals surface area contributed by atoms with Crippen LogP contribution in [0.1, 0.15) is 31.5 Å². The summed E-state index contributed by atoms with van der Waals surface area (Å²) in [5.41, 5.74) is 0. The number of hydrogen-bond donors (Lipinski definition) is 1. The number of ether oxygens (including phenoxy) is 1. The molecule has 0 unspecified atom stereocenters. The van der Waals surface area contributed by atoms with E-state index in [1.165, 1.54) is 17.7 Å². The number of rotatable bonds is 6. The first-order chi connectivity index (χ1) is 10.3. The summed E-state index contributed by atoms with van der Waals surface area (Å²) in [5, 5.41) is 3.24. The van der Waals surface area contributed by atoms with Crippen LogP contribution in [0.2, 0.25) is 0 Å². The molecule has 0 bridgehead atoms. The molecule has 1 fully saturated rings. The zero-order valence-corrected chi connectivity index (χ0v) is 13.1. The molecule has 1 aliphatic rings. The van der Waals surface area contributed by atoms with Gasteiger partial charge >= 0.3 is 0 Å². The Labute approximate surface area is 129 Å². The van der Waals surface area contributed by atoms with Gasteiger partial charge in [0.2, 0.25) is 5.88 Å². The molecule has 0 radical (unpaired) electrons. The fraction of sp³-hybridized carbons (Fsp3) is 0.375. The van der Waals surface area contributed by atoms with Gasteiger partial charge in [0.15, 0.2) is 0 Å². The van der Waals surface area contributed by atoms with Crippen LogP contribution < -0.4 is 10.1 Å². The van der Waals surface area contributed by atoms with E-state index in [-0.39, 0.29) is 0 Å². The number of nitrogens with zero attached hydrogens (tertiary/aromatic N) is 2. The van der Waals surface area contributed by atoms with E-state index in [0.717, 1.165) is 23.9 Å². The van der Waals surface area contributed by atoms with Crippen molar-refractivity contribution in [1.29, 1.82) is 0 Å². The highest BCUT2D eigenvalue weighted by Gasteiger charge is 2.27. The van der Waals surface area contributed by atoms with Crippen LogP contribution in [0.15, 0.2) is 35.2 Å². The van der Waals surface area contributed by atoms with Crippen LogP contribution in [0.5, 0.6) is 11.6 Å². The number of benzene rings is 1. The van der Waals surface area contributed by atoms with E-state index in [4.69, 9.17) is 4.74 Å². The zero-order valence-electron chi connectivity index (χ0n) is 12.3. The molecule has 0 spiro atoms. The third-order valence-corrected chi connectivity index (χ3v) is 4.05. The van der Waals surface area contributed by atoms with Gasteiger partial charge in [0.1, 0.15) is 17.4 Å². The van der Waals surface area contributed by atoms with Crippen molar-refractivity contribution in [2.75, 3.05) is 18.1 Å². The van der Waals surface area contributed by atoms with Crippen LogP contribution in [-0.4, -0.2) is 22.8 Å². The highest BCUT2D eigenvalue weighted by Crippen LogP contribution is 2.39. The van der Waals surface area contributed by atoms with E-state index < -0.39 is 0 Å². The van der Waals surface area contributed by atoms with Gasteiger partial charge in [-0.1, -0.05) is 0 Å². The smallest absolute Gasteiger partial charge is 0.224 e.